The highest BCUT2D eigenvalue weighted by atomic mass is 35.5. The summed E-state index contributed by atoms with van der Waals surface area (Å²) in [5.74, 6) is 0.309. The number of hydrogen-bond acceptors (Lipinski definition) is 5. The fourth-order valence-corrected chi connectivity index (χ4v) is 3.96. The Kier molecular flexibility index (Phi) is 7.49. The molecule has 26 heavy (non-hydrogen) atoms. The Morgan fingerprint density at radius 3 is 2.58 bits per heavy atom. The van der Waals surface area contributed by atoms with Crippen molar-refractivity contribution >= 4 is 51.5 Å². The third-order valence-corrected chi connectivity index (χ3v) is 6.31. The van der Waals surface area contributed by atoms with Crippen molar-refractivity contribution in [2.24, 2.45) is 5.41 Å². The van der Waals surface area contributed by atoms with E-state index in [-0.39, 0.29) is 23.4 Å². The molecule has 0 spiro atoms. The molecule has 1 aromatic carbocycles. The Balaban J connectivity index is 2.26. The van der Waals surface area contributed by atoms with Gasteiger partial charge in [0.25, 0.3) is 0 Å². The lowest BCUT2D eigenvalue weighted by Crippen LogP contribution is -2.32. The first-order valence-electron chi connectivity index (χ1n) is 8.20. The molecule has 0 radical (unpaired) electrons. The molecule has 0 aliphatic carbocycles. The summed E-state index contributed by atoms with van der Waals surface area (Å²) >= 11 is 8.63. The van der Waals surface area contributed by atoms with Crippen molar-refractivity contribution in [1.82, 2.24) is 10.3 Å². The quantitative estimate of drug-likeness (QED) is 0.503. The highest BCUT2D eigenvalue weighted by Gasteiger charge is 2.28. The molecule has 0 atom stereocenters. The molecule has 0 bridgehead atoms. The molecule has 2 aromatic rings. The van der Waals surface area contributed by atoms with E-state index in [1.807, 2.05) is 37.3 Å². The van der Waals surface area contributed by atoms with Crippen molar-refractivity contribution in [2.75, 3.05) is 23.5 Å². The zero-order valence-electron chi connectivity index (χ0n) is 15.0. The molecule has 0 aliphatic heterocycles. The number of nitrogens with zero attached hydrogens (tertiary/aromatic N) is 1. The molecule has 0 saturated carbocycles. The van der Waals surface area contributed by atoms with Crippen LogP contribution < -0.4 is 10.6 Å². The van der Waals surface area contributed by atoms with E-state index in [0.717, 1.165) is 9.90 Å². The van der Waals surface area contributed by atoms with Gasteiger partial charge >= 0.3 is 0 Å². The molecule has 1 heterocycles. The molecule has 140 valence electrons. The normalized spacial score (nSPS) is 11.2. The van der Waals surface area contributed by atoms with Crippen molar-refractivity contribution < 1.29 is 9.59 Å². The van der Waals surface area contributed by atoms with E-state index in [0.29, 0.717) is 17.2 Å². The number of amides is 2. The Labute approximate surface area is 166 Å². The van der Waals surface area contributed by atoms with Crippen LogP contribution in [0.1, 0.15) is 20.8 Å². The smallest absolute Gasteiger partial charge is 0.231 e. The second-order valence-electron chi connectivity index (χ2n) is 6.24. The predicted molar refractivity (Wildman–Crippen MR) is 110 cm³/mol. The summed E-state index contributed by atoms with van der Waals surface area (Å²) in [5.41, 5.74) is 0.925. The third kappa shape index (κ3) is 5.46. The maximum atomic E-state index is 12.5. The summed E-state index contributed by atoms with van der Waals surface area (Å²) in [5, 5.41) is 6.38. The van der Waals surface area contributed by atoms with Gasteiger partial charge < -0.3 is 10.6 Å². The number of benzene rings is 1. The zero-order chi connectivity index (χ0) is 19.2. The second-order valence-corrected chi connectivity index (χ2v) is 8.73. The van der Waals surface area contributed by atoms with Crippen LogP contribution in [0.5, 0.6) is 0 Å². The number of hydrogen-bond donors (Lipinski definition) is 2. The van der Waals surface area contributed by atoms with Crippen molar-refractivity contribution in [3.05, 3.63) is 30.3 Å². The molecule has 5 nitrogen and oxygen atoms in total. The fraction of sp³-hybridized carbons (Fsp3) is 0.389. The number of alkyl halides is 1. The minimum absolute atomic E-state index is 0.0391. The predicted octanol–water partition coefficient (Wildman–Crippen LogP) is 4.24. The van der Waals surface area contributed by atoms with Crippen LogP contribution in [0.15, 0.2) is 34.7 Å². The highest BCUT2D eigenvalue weighted by Crippen LogP contribution is 2.38. The number of anilines is 1. The molecule has 8 heteroatoms. The van der Waals surface area contributed by atoms with Crippen LogP contribution in [0.4, 0.5) is 5.00 Å². The third-order valence-electron chi connectivity index (χ3n) is 3.53. The molecule has 1 aromatic heterocycles. The molecule has 0 aliphatic rings. The van der Waals surface area contributed by atoms with Gasteiger partial charge in [0.05, 0.1) is 11.2 Å². The first-order valence-corrected chi connectivity index (χ1v) is 10.5. The van der Waals surface area contributed by atoms with Gasteiger partial charge in [-0.2, -0.15) is 0 Å². The van der Waals surface area contributed by atoms with E-state index in [9.17, 15) is 9.59 Å². The van der Waals surface area contributed by atoms with E-state index >= 15 is 0 Å². The van der Waals surface area contributed by atoms with Crippen LogP contribution in [0.2, 0.25) is 0 Å². The number of thiazole rings is 1. The topological polar surface area (TPSA) is 71.1 Å². The van der Waals surface area contributed by atoms with Gasteiger partial charge in [0.15, 0.2) is 4.34 Å². The van der Waals surface area contributed by atoms with Crippen LogP contribution in [0.3, 0.4) is 0 Å². The molecular formula is C18H22ClN3O2S2. The Morgan fingerprint density at radius 1 is 1.27 bits per heavy atom. The molecule has 0 saturated heterocycles. The highest BCUT2D eigenvalue weighted by molar-refractivity contribution is 8.01. The van der Waals surface area contributed by atoms with E-state index in [1.54, 1.807) is 13.8 Å². The molecule has 0 fully saturated rings. The van der Waals surface area contributed by atoms with Crippen molar-refractivity contribution in [3.8, 4) is 11.3 Å². The van der Waals surface area contributed by atoms with Gasteiger partial charge in [-0.15, -0.1) is 11.6 Å². The van der Waals surface area contributed by atoms with Gasteiger partial charge in [-0.1, -0.05) is 53.4 Å². The fourth-order valence-electron chi connectivity index (χ4n) is 1.95. The van der Waals surface area contributed by atoms with Crippen LogP contribution in [0.25, 0.3) is 11.3 Å². The Morgan fingerprint density at radius 2 is 1.96 bits per heavy atom. The van der Waals surface area contributed by atoms with Crippen molar-refractivity contribution in [1.29, 1.82) is 0 Å². The van der Waals surface area contributed by atoms with Crippen LogP contribution in [0, 0.1) is 5.41 Å². The average Bonchev–Trinajstić information content (AvgIpc) is 3.03. The van der Waals surface area contributed by atoms with E-state index < -0.39 is 5.41 Å². The standard InChI is InChI=1S/C18H22ClN3O2S2/c1-4-20-13(23)10-25-17-21-14(12-8-6-5-7-9-12)15(26-17)22-16(24)18(2,3)11-19/h5-9H,4,10-11H2,1-3H3,(H,20,23)(H,22,24). The Hall–Kier alpha value is -1.57. The van der Waals surface area contributed by atoms with Gasteiger partial charge in [0.1, 0.15) is 10.7 Å². The van der Waals surface area contributed by atoms with E-state index in [4.69, 9.17) is 11.6 Å². The van der Waals surface area contributed by atoms with Gasteiger partial charge in [-0.25, -0.2) is 4.98 Å². The number of aromatic nitrogens is 1. The number of thioether (sulfide) groups is 1. The zero-order valence-corrected chi connectivity index (χ0v) is 17.4. The largest absolute Gasteiger partial charge is 0.356 e. The number of carbonyl (C=O) groups excluding carboxylic acids is 2. The van der Waals surface area contributed by atoms with Crippen molar-refractivity contribution in [2.45, 2.75) is 25.1 Å². The maximum Gasteiger partial charge on any atom is 0.231 e. The summed E-state index contributed by atoms with van der Waals surface area (Å²) in [4.78, 5) is 28.8. The summed E-state index contributed by atoms with van der Waals surface area (Å²) < 4.78 is 0.731. The lowest BCUT2D eigenvalue weighted by molar-refractivity contribution is -0.123. The number of rotatable bonds is 8. The summed E-state index contributed by atoms with van der Waals surface area (Å²) in [6, 6.07) is 9.65. The summed E-state index contributed by atoms with van der Waals surface area (Å²) in [7, 11) is 0. The molecular weight excluding hydrogens is 390 g/mol. The van der Waals surface area contributed by atoms with Crippen LogP contribution >= 0.6 is 34.7 Å². The molecule has 2 amide bonds. The van der Waals surface area contributed by atoms with Gasteiger partial charge in [0, 0.05) is 18.0 Å². The molecule has 2 N–H and O–H groups in total. The van der Waals surface area contributed by atoms with Crippen LogP contribution in [-0.2, 0) is 9.59 Å². The lowest BCUT2D eigenvalue weighted by Gasteiger charge is -2.19. The SMILES string of the molecule is CCNC(=O)CSc1nc(-c2ccccc2)c(NC(=O)C(C)(C)CCl)s1. The summed E-state index contributed by atoms with van der Waals surface area (Å²) in [6.07, 6.45) is 0. The number of carbonyl (C=O) groups is 2. The number of halogens is 1. The van der Waals surface area contributed by atoms with Gasteiger partial charge in [-0.05, 0) is 20.8 Å². The second kappa shape index (κ2) is 9.39. The van der Waals surface area contributed by atoms with Crippen LogP contribution in [-0.4, -0.2) is 35.0 Å². The monoisotopic (exact) mass is 411 g/mol. The first kappa shape index (κ1) is 20.7. The van der Waals surface area contributed by atoms with E-state index in [2.05, 4.69) is 15.6 Å². The minimum atomic E-state index is -0.687. The van der Waals surface area contributed by atoms with Gasteiger partial charge in [-0.3, -0.25) is 9.59 Å². The maximum absolute atomic E-state index is 12.5. The minimum Gasteiger partial charge on any atom is -0.356 e. The summed E-state index contributed by atoms with van der Waals surface area (Å²) in [6.45, 7) is 6.07. The molecule has 2 rings (SSSR count). The average molecular weight is 412 g/mol. The van der Waals surface area contributed by atoms with Gasteiger partial charge in [0.2, 0.25) is 11.8 Å². The molecule has 0 unspecified atom stereocenters. The lowest BCUT2D eigenvalue weighted by atomic mass is 9.95. The van der Waals surface area contributed by atoms with Crippen molar-refractivity contribution in [3.63, 3.8) is 0 Å². The number of nitrogens with one attached hydrogen (secondary N) is 2. The van der Waals surface area contributed by atoms with E-state index in [1.165, 1.54) is 23.1 Å². The first-order chi connectivity index (χ1) is 12.4. The Bertz CT molecular complexity index is 763.